The summed E-state index contributed by atoms with van der Waals surface area (Å²) >= 11 is 12.1. The lowest BCUT2D eigenvalue weighted by atomic mass is 9.95. The van der Waals surface area contributed by atoms with E-state index in [1.807, 2.05) is 0 Å². The molecule has 29 heavy (non-hydrogen) atoms. The van der Waals surface area contributed by atoms with Crippen molar-refractivity contribution in [3.63, 3.8) is 0 Å². The van der Waals surface area contributed by atoms with E-state index in [9.17, 15) is 13.2 Å². The Labute approximate surface area is 182 Å². The molecule has 0 spiro atoms. The van der Waals surface area contributed by atoms with Gasteiger partial charge in [-0.3, -0.25) is 4.79 Å². The number of benzene rings is 2. The van der Waals surface area contributed by atoms with Crippen molar-refractivity contribution in [2.24, 2.45) is 0 Å². The second kappa shape index (κ2) is 9.94. The summed E-state index contributed by atoms with van der Waals surface area (Å²) in [6.07, 6.45) is 5.20. The molecule has 0 aliphatic heterocycles. The number of sulfonamides is 1. The molecule has 1 aliphatic carbocycles. The molecule has 1 fully saturated rings. The molecule has 1 amide bonds. The summed E-state index contributed by atoms with van der Waals surface area (Å²) in [5.74, 6) is -0.304. The predicted molar refractivity (Wildman–Crippen MR) is 116 cm³/mol. The van der Waals surface area contributed by atoms with Gasteiger partial charge in [-0.2, -0.15) is 4.31 Å². The lowest BCUT2D eigenvalue weighted by molar-refractivity contribution is -0.122. The number of nitrogens with one attached hydrogen (secondary N) is 1. The van der Waals surface area contributed by atoms with Crippen molar-refractivity contribution in [1.29, 1.82) is 0 Å². The van der Waals surface area contributed by atoms with Gasteiger partial charge in [-0.25, -0.2) is 8.42 Å². The first kappa shape index (κ1) is 22.1. The highest BCUT2D eigenvalue weighted by Gasteiger charge is 2.28. The fourth-order valence-corrected chi connectivity index (χ4v) is 5.17. The Hall–Kier alpha value is -1.60. The average molecular weight is 455 g/mol. The highest BCUT2D eigenvalue weighted by molar-refractivity contribution is 7.89. The standard InChI is InChI=1S/C21H24Cl2N2O3S/c22-17-10-12-19(13-11-17)29(27,28)25(14-16-6-4-5-9-20(16)23)15-21(26)24-18-7-2-1-3-8-18/h4-6,9-13,18H,1-3,7-8,14-15H2,(H,24,26). The van der Waals surface area contributed by atoms with Crippen LogP contribution in [0.4, 0.5) is 0 Å². The number of nitrogens with zero attached hydrogens (tertiary/aromatic N) is 1. The molecular weight excluding hydrogens is 431 g/mol. The number of hydrogen-bond donors (Lipinski definition) is 1. The summed E-state index contributed by atoms with van der Waals surface area (Å²) in [5.41, 5.74) is 0.636. The van der Waals surface area contributed by atoms with Gasteiger partial charge in [0.2, 0.25) is 15.9 Å². The van der Waals surface area contributed by atoms with Crippen LogP contribution in [0.1, 0.15) is 37.7 Å². The third-order valence-corrected chi connectivity index (χ3v) is 7.47. The minimum atomic E-state index is -3.91. The zero-order valence-corrected chi connectivity index (χ0v) is 18.3. The number of carbonyl (C=O) groups is 1. The third-order valence-electron chi connectivity index (χ3n) is 5.05. The number of rotatable bonds is 7. The van der Waals surface area contributed by atoms with E-state index in [4.69, 9.17) is 23.2 Å². The molecule has 8 heteroatoms. The second-order valence-corrected chi connectivity index (χ2v) is 10.0. The van der Waals surface area contributed by atoms with Crippen molar-refractivity contribution < 1.29 is 13.2 Å². The van der Waals surface area contributed by atoms with E-state index in [0.29, 0.717) is 15.6 Å². The average Bonchev–Trinajstić information content (AvgIpc) is 2.70. The Balaban J connectivity index is 1.83. The fourth-order valence-electron chi connectivity index (χ4n) is 3.48. The first-order chi connectivity index (χ1) is 13.9. The molecule has 2 aromatic carbocycles. The van der Waals surface area contributed by atoms with Crippen LogP contribution >= 0.6 is 23.2 Å². The van der Waals surface area contributed by atoms with Gasteiger partial charge in [-0.15, -0.1) is 0 Å². The summed E-state index contributed by atoms with van der Waals surface area (Å²) < 4.78 is 27.7. The minimum absolute atomic E-state index is 0.00270. The maximum absolute atomic E-state index is 13.2. The molecule has 2 aromatic rings. The van der Waals surface area contributed by atoms with Crippen LogP contribution in [0.5, 0.6) is 0 Å². The van der Waals surface area contributed by atoms with Gasteiger partial charge in [0.05, 0.1) is 11.4 Å². The molecule has 3 rings (SSSR count). The number of carbonyl (C=O) groups excluding carboxylic acids is 1. The minimum Gasteiger partial charge on any atom is -0.352 e. The summed E-state index contributed by atoms with van der Waals surface area (Å²) in [6, 6.07) is 13.0. The van der Waals surface area contributed by atoms with E-state index in [0.717, 1.165) is 30.0 Å². The summed E-state index contributed by atoms with van der Waals surface area (Å²) in [7, 11) is -3.91. The van der Waals surface area contributed by atoms with Crippen LogP contribution in [-0.4, -0.2) is 31.2 Å². The van der Waals surface area contributed by atoms with Gasteiger partial charge in [-0.05, 0) is 48.7 Å². The molecular formula is C21H24Cl2N2O3S. The van der Waals surface area contributed by atoms with E-state index in [1.165, 1.54) is 30.7 Å². The van der Waals surface area contributed by atoms with Crippen LogP contribution in [0.2, 0.25) is 10.0 Å². The van der Waals surface area contributed by atoms with Gasteiger partial charge in [0.15, 0.2) is 0 Å². The molecule has 1 saturated carbocycles. The van der Waals surface area contributed by atoms with Crippen LogP contribution in [0, 0.1) is 0 Å². The van der Waals surface area contributed by atoms with Crippen molar-refractivity contribution in [3.05, 3.63) is 64.1 Å². The summed E-state index contributed by atoms with van der Waals surface area (Å²) in [6.45, 7) is -0.268. The summed E-state index contributed by atoms with van der Waals surface area (Å²) in [5, 5.41) is 3.88. The molecule has 156 valence electrons. The topological polar surface area (TPSA) is 66.5 Å². The Morgan fingerprint density at radius 3 is 2.31 bits per heavy atom. The van der Waals surface area contributed by atoms with Crippen LogP contribution < -0.4 is 5.32 Å². The highest BCUT2D eigenvalue weighted by Crippen LogP contribution is 2.24. The Bertz CT molecular complexity index is 943. The quantitative estimate of drug-likeness (QED) is 0.662. The zero-order chi connectivity index (χ0) is 20.9. The van der Waals surface area contributed by atoms with Crippen molar-refractivity contribution in [2.45, 2.75) is 49.6 Å². The molecule has 0 saturated heterocycles. The molecule has 0 aromatic heterocycles. The normalized spacial score (nSPS) is 15.4. The lowest BCUT2D eigenvalue weighted by Crippen LogP contribution is -2.44. The van der Waals surface area contributed by atoms with Gasteiger partial charge in [0.1, 0.15) is 0 Å². The van der Waals surface area contributed by atoms with Gasteiger partial charge >= 0.3 is 0 Å². The zero-order valence-electron chi connectivity index (χ0n) is 16.0. The Kier molecular flexibility index (Phi) is 7.57. The van der Waals surface area contributed by atoms with Crippen LogP contribution in [-0.2, 0) is 21.4 Å². The molecule has 0 radical (unpaired) electrons. The maximum atomic E-state index is 13.2. The predicted octanol–water partition coefficient (Wildman–Crippen LogP) is 4.63. The van der Waals surface area contributed by atoms with E-state index in [2.05, 4.69) is 5.32 Å². The van der Waals surface area contributed by atoms with Crippen molar-refractivity contribution in [1.82, 2.24) is 9.62 Å². The van der Waals surface area contributed by atoms with Crippen LogP contribution in [0.15, 0.2) is 53.4 Å². The third kappa shape index (κ3) is 5.95. The number of amides is 1. The van der Waals surface area contributed by atoms with Gasteiger partial charge in [0.25, 0.3) is 0 Å². The first-order valence-corrected chi connectivity index (χ1v) is 11.8. The van der Waals surface area contributed by atoms with Crippen molar-refractivity contribution in [3.8, 4) is 0 Å². The highest BCUT2D eigenvalue weighted by atomic mass is 35.5. The van der Waals surface area contributed by atoms with E-state index in [1.54, 1.807) is 24.3 Å². The molecule has 0 atom stereocenters. The van der Waals surface area contributed by atoms with Crippen LogP contribution in [0.3, 0.4) is 0 Å². The van der Waals surface area contributed by atoms with Gasteiger partial charge in [0, 0.05) is 22.6 Å². The first-order valence-electron chi connectivity index (χ1n) is 9.65. The molecule has 0 heterocycles. The maximum Gasteiger partial charge on any atom is 0.243 e. The monoisotopic (exact) mass is 454 g/mol. The lowest BCUT2D eigenvalue weighted by Gasteiger charge is -2.26. The SMILES string of the molecule is O=C(CN(Cc1ccccc1Cl)S(=O)(=O)c1ccc(Cl)cc1)NC1CCCCC1. The van der Waals surface area contributed by atoms with Crippen LogP contribution in [0.25, 0.3) is 0 Å². The molecule has 0 unspecified atom stereocenters. The van der Waals surface area contributed by atoms with Crippen molar-refractivity contribution >= 4 is 39.1 Å². The molecule has 1 N–H and O–H groups in total. The fraction of sp³-hybridized carbons (Fsp3) is 0.381. The van der Waals surface area contributed by atoms with Crippen molar-refractivity contribution in [2.75, 3.05) is 6.54 Å². The largest absolute Gasteiger partial charge is 0.352 e. The Morgan fingerprint density at radius 1 is 1.00 bits per heavy atom. The Morgan fingerprint density at radius 2 is 1.66 bits per heavy atom. The van der Waals surface area contributed by atoms with E-state index < -0.39 is 10.0 Å². The number of halogens is 2. The van der Waals surface area contributed by atoms with Gasteiger partial charge < -0.3 is 5.32 Å². The molecule has 1 aliphatic rings. The molecule has 0 bridgehead atoms. The number of hydrogen-bond acceptors (Lipinski definition) is 3. The second-order valence-electron chi connectivity index (χ2n) is 7.22. The van der Waals surface area contributed by atoms with E-state index >= 15 is 0 Å². The smallest absolute Gasteiger partial charge is 0.243 e. The summed E-state index contributed by atoms with van der Waals surface area (Å²) in [4.78, 5) is 12.7. The molecule has 5 nitrogen and oxygen atoms in total. The van der Waals surface area contributed by atoms with Gasteiger partial charge in [-0.1, -0.05) is 60.7 Å². The van der Waals surface area contributed by atoms with E-state index in [-0.39, 0.29) is 29.9 Å².